The maximum absolute atomic E-state index is 12.7. The van der Waals surface area contributed by atoms with Crippen LogP contribution in [-0.2, 0) is 11.2 Å². The van der Waals surface area contributed by atoms with E-state index in [4.69, 9.17) is 22.8 Å². The van der Waals surface area contributed by atoms with Gasteiger partial charge in [-0.15, -0.1) is 12.3 Å². The molecule has 0 saturated heterocycles. The number of terminal acetylenes is 1. The van der Waals surface area contributed by atoms with E-state index in [-0.39, 0.29) is 17.5 Å². The molecule has 0 saturated carbocycles. The van der Waals surface area contributed by atoms with Gasteiger partial charge in [0, 0.05) is 12.8 Å². The van der Waals surface area contributed by atoms with Crippen LogP contribution in [-0.4, -0.2) is 34.6 Å². The van der Waals surface area contributed by atoms with Gasteiger partial charge < -0.3 is 4.74 Å². The van der Waals surface area contributed by atoms with Gasteiger partial charge in [0.15, 0.2) is 0 Å². The minimum Gasteiger partial charge on any atom is -0.494 e. The quantitative estimate of drug-likeness (QED) is 0.273. The van der Waals surface area contributed by atoms with Crippen LogP contribution in [0.1, 0.15) is 45.5 Å². The van der Waals surface area contributed by atoms with Crippen LogP contribution in [0, 0.1) is 12.3 Å². The molecule has 2 amide bonds. The zero-order valence-corrected chi connectivity index (χ0v) is 16.5. The van der Waals surface area contributed by atoms with Crippen LogP contribution < -0.4 is 4.74 Å². The number of halogens is 1. The summed E-state index contributed by atoms with van der Waals surface area (Å²) in [7, 11) is 0. The lowest BCUT2D eigenvalue weighted by atomic mass is 10.1. The lowest BCUT2D eigenvalue weighted by molar-refractivity contribution is -0.115. The molecule has 0 N–H and O–H groups in total. The lowest BCUT2D eigenvalue weighted by Crippen LogP contribution is -2.44. The molecule has 0 fully saturated rings. The summed E-state index contributed by atoms with van der Waals surface area (Å²) in [5.74, 6) is 2.28. The van der Waals surface area contributed by atoms with E-state index in [1.807, 2.05) is 0 Å². The first kappa shape index (κ1) is 20.6. The molecule has 1 aliphatic rings. The largest absolute Gasteiger partial charge is 0.494 e. The van der Waals surface area contributed by atoms with Crippen molar-refractivity contribution in [1.29, 1.82) is 0 Å². The summed E-state index contributed by atoms with van der Waals surface area (Å²) in [5.41, 5.74) is 1.34. The molecule has 0 bridgehead atoms. The average molecular weight is 410 g/mol. The average Bonchev–Trinajstić information content (AvgIpc) is 2.97. The van der Waals surface area contributed by atoms with Gasteiger partial charge >= 0.3 is 0 Å². The molecule has 1 atom stereocenters. The Morgan fingerprint density at radius 3 is 2.21 bits per heavy atom. The molecular formula is C23H20ClNO4. The van der Waals surface area contributed by atoms with Crippen molar-refractivity contribution in [3.8, 4) is 18.1 Å². The van der Waals surface area contributed by atoms with E-state index in [9.17, 15) is 14.4 Å². The van der Waals surface area contributed by atoms with Gasteiger partial charge in [0.2, 0.25) is 5.24 Å². The SMILES string of the molecule is C#CCCCCOc1ccc(CC(C(=O)Cl)N2C(=O)c3ccccc3C2=O)cc1. The monoisotopic (exact) mass is 409 g/mol. The fourth-order valence-corrected chi connectivity index (χ4v) is 3.40. The first-order valence-corrected chi connectivity index (χ1v) is 9.72. The Kier molecular flexibility index (Phi) is 6.69. The Morgan fingerprint density at radius 2 is 1.66 bits per heavy atom. The van der Waals surface area contributed by atoms with E-state index >= 15 is 0 Å². The molecule has 1 heterocycles. The van der Waals surface area contributed by atoms with E-state index in [1.165, 1.54) is 0 Å². The highest BCUT2D eigenvalue weighted by atomic mass is 35.5. The number of rotatable bonds is 9. The number of ether oxygens (including phenoxy) is 1. The number of imide groups is 1. The molecule has 2 aromatic rings. The number of carbonyl (C=O) groups is 3. The van der Waals surface area contributed by atoms with Crippen molar-refractivity contribution >= 4 is 28.7 Å². The number of hydrogen-bond acceptors (Lipinski definition) is 4. The smallest absolute Gasteiger partial charge is 0.262 e. The van der Waals surface area contributed by atoms with Gasteiger partial charge in [-0.3, -0.25) is 19.3 Å². The molecule has 1 aliphatic heterocycles. The topological polar surface area (TPSA) is 63.7 Å². The molecule has 1 unspecified atom stereocenters. The van der Waals surface area contributed by atoms with Crippen LogP contribution in [0.4, 0.5) is 0 Å². The van der Waals surface area contributed by atoms with Crippen LogP contribution in [0.5, 0.6) is 5.75 Å². The third-order valence-corrected chi connectivity index (χ3v) is 4.99. The molecule has 0 radical (unpaired) electrons. The van der Waals surface area contributed by atoms with Gasteiger partial charge in [0.1, 0.15) is 11.8 Å². The highest BCUT2D eigenvalue weighted by molar-refractivity contribution is 6.65. The van der Waals surface area contributed by atoms with Crippen molar-refractivity contribution in [2.24, 2.45) is 0 Å². The molecule has 5 nitrogen and oxygen atoms in total. The van der Waals surface area contributed by atoms with Gasteiger partial charge in [-0.25, -0.2) is 0 Å². The molecule has 6 heteroatoms. The first-order valence-electron chi connectivity index (χ1n) is 9.34. The summed E-state index contributed by atoms with van der Waals surface area (Å²) < 4.78 is 5.66. The lowest BCUT2D eigenvalue weighted by Gasteiger charge is -2.23. The Labute approximate surface area is 174 Å². The van der Waals surface area contributed by atoms with Gasteiger partial charge in [-0.2, -0.15) is 0 Å². The predicted octanol–water partition coefficient (Wildman–Crippen LogP) is 3.84. The maximum Gasteiger partial charge on any atom is 0.262 e. The second-order valence-corrected chi connectivity index (χ2v) is 7.08. The Hall–Kier alpha value is -3.10. The van der Waals surface area contributed by atoms with E-state index in [2.05, 4.69) is 5.92 Å². The molecule has 0 spiro atoms. The van der Waals surface area contributed by atoms with Gasteiger partial charge in [0.05, 0.1) is 17.7 Å². The van der Waals surface area contributed by atoms with Crippen molar-refractivity contribution in [2.75, 3.05) is 6.61 Å². The highest BCUT2D eigenvalue weighted by Gasteiger charge is 2.42. The normalized spacial score (nSPS) is 13.7. The minimum absolute atomic E-state index is 0.135. The van der Waals surface area contributed by atoms with Crippen LogP contribution >= 0.6 is 11.6 Å². The van der Waals surface area contributed by atoms with E-state index in [0.29, 0.717) is 12.4 Å². The highest BCUT2D eigenvalue weighted by Crippen LogP contribution is 2.27. The predicted molar refractivity (Wildman–Crippen MR) is 110 cm³/mol. The van der Waals surface area contributed by atoms with Crippen LogP contribution in [0.3, 0.4) is 0 Å². The number of benzene rings is 2. The van der Waals surface area contributed by atoms with E-state index in [1.54, 1.807) is 48.5 Å². The number of amides is 2. The first-order chi connectivity index (χ1) is 14.0. The summed E-state index contributed by atoms with van der Waals surface area (Å²) in [4.78, 5) is 38.3. The van der Waals surface area contributed by atoms with Crippen molar-refractivity contribution in [3.05, 3.63) is 65.2 Å². The molecule has 3 rings (SSSR count). The number of carbonyl (C=O) groups excluding carboxylic acids is 3. The summed E-state index contributed by atoms with van der Waals surface area (Å²) in [6.45, 7) is 0.568. The fourth-order valence-electron chi connectivity index (χ4n) is 3.23. The number of fused-ring (bicyclic) bond motifs is 1. The third-order valence-electron chi connectivity index (χ3n) is 4.74. The number of nitrogens with zero attached hydrogens (tertiary/aromatic N) is 1. The standard InChI is InChI=1S/C23H20ClNO4/c1-2-3-4-7-14-29-17-12-10-16(11-13-17)15-20(21(24)26)25-22(27)18-8-5-6-9-19(18)23(25)28/h1,5-6,8-13,20H,3-4,7,14-15H2. The summed E-state index contributed by atoms with van der Waals surface area (Å²) in [6.07, 6.45) is 7.86. The van der Waals surface area contributed by atoms with Gasteiger partial charge in [-0.1, -0.05) is 24.3 Å². The Bertz CT molecular complexity index is 927. The third kappa shape index (κ3) is 4.67. The summed E-state index contributed by atoms with van der Waals surface area (Å²) >= 11 is 5.76. The van der Waals surface area contributed by atoms with Gasteiger partial charge in [-0.05, 0) is 54.3 Å². The second-order valence-electron chi connectivity index (χ2n) is 6.70. The molecular weight excluding hydrogens is 390 g/mol. The second kappa shape index (κ2) is 9.40. The Balaban J connectivity index is 1.67. The summed E-state index contributed by atoms with van der Waals surface area (Å²) in [6, 6.07) is 12.6. The molecule has 2 aromatic carbocycles. The van der Waals surface area contributed by atoms with E-state index < -0.39 is 23.1 Å². The van der Waals surface area contributed by atoms with Gasteiger partial charge in [0.25, 0.3) is 11.8 Å². The Morgan fingerprint density at radius 1 is 1.03 bits per heavy atom. The zero-order chi connectivity index (χ0) is 20.8. The van der Waals surface area contributed by atoms with Crippen molar-refractivity contribution in [1.82, 2.24) is 4.90 Å². The molecule has 29 heavy (non-hydrogen) atoms. The van der Waals surface area contributed by atoms with E-state index in [0.717, 1.165) is 29.7 Å². The van der Waals surface area contributed by atoms with Crippen molar-refractivity contribution in [2.45, 2.75) is 31.7 Å². The molecule has 0 aliphatic carbocycles. The van der Waals surface area contributed by atoms with Crippen LogP contribution in [0.2, 0.25) is 0 Å². The molecule has 148 valence electrons. The van der Waals surface area contributed by atoms with Crippen LogP contribution in [0.15, 0.2) is 48.5 Å². The minimum atomic E-state index is -1.07. The van der Waals surface area contributed by atoms with Crippen LogP contribution in [0.25, 0.3) is 0 Å². The van der Waals surface area contributed by atoms with Crippen molar-refractivity contribution in [3.63, 3.8) is 0 Å². The zero-order valence-electron chi connectivity index (χ0n) is 15.8. The van der Waals surface area contributed by atoms with Crippen molar-refractivity contribution < 1.29 is 19.1 Å². The number of unbranched alkanes of at least 4 members (excludes halogenated alkanes) is 2. The maximum atomic E-state index is 12.7. The number of hydrogen-bond donors (Lipinski definition) is 0. The summed E-state index contributed by atoms with van der Waals surface area (Å²) in [5, 5.41) is -0.756. The fraction of sp³-hybridized carbons (Fsp3) is 0.261. The molecule has 0 aromatic heterocycles.